The van der Waals surface area contributed by atoms with E-state index in [4.69, 9.17) is 5.11 Å². The van der Waals surface area contributed by atoms with Gasteiger partial charge < -0.3 is 20.6 Å². The molecule has 0 saturated heterocycles. The SMILES string of the molecule is CC(C)C(NC(=O)CN(C(=O)[C@@H](NC(=O)c1ccc(C(=O)O)cc1)C(C)C)C1Cc2ccccc2C1)C(=O)C(F)(F)F. The van der Waals surface area contributed by atoms with E-state index in [1.54, 1.807) is 13.8 Å². The van der Waals surface area contributed by atoms with Gasteiger partial charge in [-0.15, -0.1) is 0 Å². The first-order chi connectivity index (χ1) is 19.6. The summed E-state index contributed by atoms with van der Waals surface area (Å²) in [6.45, 7) is 5.50. The van der Waals surface area contributed by atoms with Crippen molar-refractivity contribution in [3.8, 4) is 0 Å². The lowest BCUT2D eigenvalue weighted by Gasteiger charge is -2.34. The highest BCUT2D eigenvalue weighted by molar-refractivity contribution is 5.99. The number of hydrogen-bond acceptors (Lipinski definition) is 5. The van der Waals surface area contributed by atoms with Crippen molar-refractivity contribution in [1.29, 1.82) is 0 Å². The number of nitrogens with one attached hydrogen (secondary N) is 2. The Labute approximate surface area is 241 Å². The molecule has 0 saturated carbocycles. The predicted octanol–water partition coefficient (Wildman–Crippen LogP) is 3.41. The van der Waals surface area contributed by atoms with Crippen LogP contribution in [-0.2, 0) is 27.2 Å². The van der Waals surface area contributed by atoms with Crippen LogP contribution in [0, 0.1) is 11.8 Å². The summed E-state index contributed by atoms with van der Waals surface area (Å²) < 4.78 is 39.5. The number of aromatic carboxylic acids is 1. The molecule has 0 heterocycles. The number of alkyl halides is 3. The summed E-state index contributed by atoms with van der Waals surface area (Å²) in [4.78, 5) is 64.5. The quantitative estimate of drug-likeness (QED) is 0.368. The van der Waals surface area contributed by atoms with Crippen LogP contribution in [0.25, 0.3) is 0 Å². The van der Waals surface area contributed by atoms with Crippen molar-refractivity contribution in [1.82, 2.24) is 15.5 Å². The summed E-state index contributed by atoms with van der Waals surface area (Å²) in [5.74, 6) is -6.76. The van der Waals surface area contributed by atoms with E-state index in [2.05, 4.69) is 10.6 Å². The first-order valence-electron chi connectivity index (χ1n) is 13.5. The summed E-state index contributed by atoms with van der Waals surface area (Å²) in [7, 11) is 0. The van der Waals surface area contributed by atoms with Gasteiger partial charge in [-0.1, -0.05) is 52.0 Å². The van der Waals surface area contributed by atoms with Gasteiger partial charge in [0.05, 0.1) is 18.2 Å². The zero-order valence-corrected chi connectivity index (χ0v) is 23.7. The molecule has 1 aliphatic rings. The van der Waals surface area contributed by atoms with Crippen LogP contribution in [-0.4, -0.2) is 70.3 Å². The highest BCUT2D eigenvalue weighted by Gasteiger charge is 2.45. The number of carbonyl (C=O) groups is 5. The van der Waals surface area contributed by atoms with Crippen molar-refractivity contribution in [3.05, 3.63) is 70.8 Å². The van der Waals surface area contributed by atoms with Crippen LogP contribution in [0.4, 0.5) is 13.2 Å². The third-order valence-corrected chi connectivity index (χ3v) is 7.23. The number of benzene rings is 2. The molecule has 0 aliphatic heterocycles. The topological polar surface area (TPSA) is 133 Å². The Morgan fingerprint density at radius 2 is 1.33 bits per heavy atom. The molecule has 226 valence electrons. The number of fused-ring (bicyclic) bond motifs is 1. The molecule has 9 nitrogen and oxygen atoms in total. The number of rotatable bonds is 11. The molecule has 1 aliphatic carbocycles. The summed E-state index contributed by atoms with van der Waals surface area (Å²) in [5, 5.41) is 13.9. The molecule has 0 bridgehead atoms. The molecule has 12 heteroatoms. The summed E-state index contributed by atoms with van der Waals surface area (Å²) >= 11 is 0. The maximum absolute atomic E-state index is 14.0. The monoisotopic (exact) mass is 589 g/mol. The van der Waals surface area contributed by atoms with E-state index < -0.39 is 72.2 Å². The van der Waals surface area contributed by atoms with Crippen LogP contribution in [0.2, 0.25) is 0 Å². The zero-order valence-electron chi connectivity index (χ0n) is 23.7. The normalized spacial score (nSPS) is 14.7. The van der Waals surface area contributed by atoms with Gasteiger partial charge in [-0.25, -0.2) is 4.79 Å². The number of Topliss-reactive ketones (excluding diaryl/α,β-unsaturated/α-hetero) is 1. The first-order valence-corrected chi connectivity index (χ1v) is 13.5. The second kappa shape index (κ2) is 13.2. The van der Waals surface area contributed by atoms with Gasteiger partial charge in [-0.2, -0.15) is 13.2 Å². The Balaban J connectivity index is 1.87. The summed E-state index contributed by atoms with van der Waals surface area (Å²) in [6.07, 6.45) is -4.38. The van der Waals surface area contributed by atoms with E-state index in [1.165, 1.54) is 43.0 Å². The number of amides is 3. The fraction of sp³-hybridized carbons (Fsp3) is 0.433. The molecule has 2 aromatic rings. The maximum Gasteiger partial charge on any atom is 0.452 e. The minimum atomic E-state index is -5.15. The zero-order chi connectivity index (χ0) is 31.4. The van der Waals surface area contributed by atoms with Gasteiger partial charge >= 0.3 is 12.1 Å². The molecule has 42 heavy (non-hydrogen) atoms. The van der Waals surface area contributed by atoms with Gasteiger partial charge in [-0.3, -0.25) is 19.2 Å². The van der Waals surface area contributed by atoms with Crippen molar-refractivity contribution in [2.24, 2.45) is 11.8 Å². The van der Waals surface area contributed by atoms with Crippen molar-refractivity contribution in [2.45, 2.75) is 64.8 Å². The van der Waals surface area contributed by atoms with Gasteiger partial charge in [-0.05, 0) is 60.1 Å². The van der Waals surface area contributed by atoms with Crippen LogP contribution in [0.3, 0.4) is 0 Å². The maximum atomic E-state index is 14.0. The third kappa shape index (κ3) is 7.74. The van der Waals surface area contributed by atoms with Crippen LogP contribution < -0.4 is 10.6 Å². The molecule has 0 spiro atoms. The number of halogens is 3. The van der Waals surface area contributed by atoms with Crippen molar-refractivity contribution < 1.29 is 42.3 Å². The number of carboxylic acids is 1. The number of carboxylic acid groups (broad SMARTS) is 1. The third-order valence-electron chi connectivity index (χ3n) is 7.23. The number of carbonyl (C=O) groups excluding carboxylic acids is 4. The van der Waals surface area contributed by atoms with E-state index in [0.29, 0.717) is 12.8 Å². The molecular weight excluding hydrogens is 555 g/mol. The first kappa shape index (κ1) is 32.3. The van der Waals surface area contributed by atoms with E-state index in [-0.39, 0.29) is 11.1 Å². The van der Waals surface area contributed by atoms with Gasteiger partial charge in [0.15, 0.2) is 0 Å². The Morgan fingerprint density at radius 3 is 1.79 bits per heavy atom. The van der Waals surface area contributed by atoms with Crippen LogP contribution in [0.1, 0.15) is 59.5 Å². The number of ketones is 1. The van der Waals surface area contributed by atoms with Crippen molar-refractivity contribution >= 4 is 29.5 Å². The fourth-order valence-electron chi connectivity index (χ4n) is 4.91. The molecule has 1 unspecified atom stereocenters. The minimum absolute atomic E-state index is 0.0234. The average molecular weight is 590 g/mol. The van der Waals surface area contributed by atoms with Crippen LogP contribution in [0.15, 0.2) is 48.5 Å². The fourth-order valence-corrected chi connectivity index (χ4v) is 4.91. The standard InChI is InChI=1S/C30H34F3N3O6/c1-16(2)24(26(38)30(31,32)33)34-23(37)15-36(22-13-20-7-5-6-8-21(20)14-22)28(40)25(17(3)4)35-27(39)18-9-11-19(12-10-18)29(41)42/h5-12,16-17,22,24-25H,13-15H2,1-4H3,(H,34,37)(H,35,39)(H,41,42)/t24?,25-/m0/s1. The lowest BCUT2D eigenvalue weighted by atomic mass is 9.99. The van der Waals surface area contributed by atoms with Gasteiger partial charge in [0, 0.05) is 11.6 Å². The molecule has 3 rings (SSSR count). The second-order valence-corrected chi connectivity index (χ2v) is 11.0. The van der Waals surface area contributed by atoms with Crippen LogP contribution >= 0.6 is 0 Å². The van der Waals surface area contributed by atoms with Gasteiger partial charge in [0.25, 0.3) is 11.7 Å². The Morgan fingerprint density at radius 1 is 0.833 bits per heavy atom. The number of nitrogens with zero attached hydrogens (tertiary/aromatic N) is 1. The highest BCUT2D eigenvalue weighted by Crippen LogP contribution is 2.27. The Hall–Kier alpha value is -4.22. The van der Waals surface area contributed by atoms with Crippen molar-refractivity contribution in [3.63, 3.8) is 0 Å². The minimum Gasteiger partial charge on any atom is -0.478 e. The predicted molar refractivity (Wildman–Crippen MR) is 147 cm³/mol. The van der Waals surface area contributed by atoms with E-state index in [1.807, 2.05) is 24.3 Å². The average Bonchev–Trinajstić information content (AvgIpc) is 3.35. The van der Waals surface area contributed by atoms with E-state index in [0.717, 1.165) is 11.1 Å². The van der Waals surface area contributed by atoms with Crippen molar-refractivity contribution in [2.75, 3.05) is 6.54 Å². The second-order valence-electron chi connectivity index (χ2n) is 11.0. The molecule has 3 amide bonds. The van der Waals surface area contributed by atoms with Gasteiger partial charge in [0.2, 0.25) is 11.8 Å². The lowest BCUT2D eigenvalue weighted by molar-refractivity contribution is -0.175. The largest absolute Gasteiger partial charge is 0.478 e. The number of hydrogen-bond donors (Lipinski definition) is 3. The molecule has 3 N–H and O–H groups in total. The smallest absolute Gasteiger partial charge is 0.452 e. The molecular formula is C30H34F3N3O6. The van der Waals surface area contributed by atoms with Crippen LogP contribution in [0.5, 0.6) is 0 Å². The van der Waals surface area contributed by atoms with Gasteiger partial charge in [0.1, 0.15) is 6.04 Å². The lowest BCUT2D eigenvalue weighted by Crippen LogP contribution is -2.58. The molecule has 2 atom stereocenters. The molecule has 2 aromatic carbocycles. The van der Waals surface area contributed by atoms with E-state index >= 15 is 0 Å². The Bertz CT molecular complexity index is 1320. The summed E-state index contributed by atoms with van der Waals surface area (Å²) in [5.41, 5.74) is 2.00. The van der Waals surface area contributed by atoms with E-state index in [9.17, 15) is 37.1 Å². The summed E-state index contributed by atoms with van der Waals surface area (Å²) in [6, 6.07) is 9.10. The molecule has 0 radical (unpaired) electrons. The highest BCUT2D eigenvalue weighted by atomic mass is 19.4. The molecule has 0 aromatic heterocycles. The Kier molecular flexibility index (Phi) is 10.1. The molecule has 0 fully saturated rings.